The van der Waals surface area contributed by atoms with Crippen LogP contribution in [-0.4, -0.2) is 18.9 Å². The van der Waals surface area contributed by atoms with Gasteiger partial charge in [0.2, 0.25) is 15.9 Å². The lowest BCUT2D eigenvalue weighted by molar-refractivity contribution is -0.116. The molecule has 3 aromatic rings. The molecule has 0 aliphatic heterocycles. The number of fused-ring (bicyclic) bond motifs is 1. The molecule has 0 saturated carbocycles. The second-order valence-corrected chi connectivity index (χ2v) is 7.02. The number of anilines is 1. The summed E-state index contributed by atoms with van der Waals surface area (Å²) in [5.41, 5.74) is 0.157. The fourth-order valence-corrected chi connectivity index (χ4v) is 2.95. The molecule has 1 heterocycles. The number of nitrogens with two attached hydrogens (primary N) is 1. The zero-order valence-corrected chi connectivity index (χ0v) is 13.9. The lowest BCUT2D eigenvalue weighted by atomic mass is 10.2. The van der Waals surface area contributed by atoms with Gasteiger partial charge in [-0.15, -0.1) is 0 Å². The van der Waals surface area contributed by atoms with Crippen LogP contribution in [0.1, 0.15) is 0 Å². The van der Waals surface area contributed by atoms with Crippen LogP contribution in [0.5, 0.6) is 0 Å². The third kappa shape index (κ3) is 3.76. The first-order chi connectivity index (χ1) is 11.8. The molecule has 7 nitrogen and oxygen atoms in total. The average molecular weight is 357 g/mol. The van der Waals surface area contributed by atoms with E-state index in [-0.39, 0.29) is 17.0 Å². The molecule has 0 spiro atoms. The zero-order chi connectivity index (χ0) is 18.0. The van der Waals surface area contributed by atoms with Crippen LogP contribution in [0.3, 0.4) is 0 Å². The molecule has 0 radical (unpaired) electrons. The number of nitrogens with one attached hydrogen (secondary N) is 1. The number of hydrogen-bond acceptors (Lipinski definition) is 4. The standard InChI is InChI=1S/C17H15N3O4S/c18-25(23,24)14-7-5-13(6-8-14)19-16(21)11-20-10-9-12-3-1-2-4-15(12)17(20)22/h1-10H,11H2,(H,19,21)(H2,18,23,24). The zero-order valence-electron chi connectivity index (χ0n) is 13.0. The van der Waals surface area contributed by atoms with Gasteiger partial charge in [-0.3, -0.25) is 9.59 Å². The van der Waals surface area contributed by atoms with Crippen LogP contribution in [0.2, 0.25) is 0 Å². The Morgan fingerprint density at radius 2 is 1.72 bits per heavy atom. The number of benzene rings is 2. The van der Waals surface area contributed by atoms with Crippen LogP contribution in [0.25, 0.3) is 10.8 Å². The minimum absolute atomic E-state index is 0.0451. The van der Waals surface area contributed by atoms with Crippen molar-refractivity contribution >= 4 is 32.4 Å². The van der Waals surface area contributed by atoms with E-state index < -0.39 is 15.9 Å². The molecule has 128 valence electrons. The van der Waals surface area contributed by atoms with Gasteiger partial charge in [-0.2, -0.15) is 0 Å². The van der Waals surface area contributed by atoms with Crippen molar-refractivity contribution in [3.8, 4) is 0 Å². The average Bonchev–Trinajstić information content (AvgIpc) is 2.57. The van der Waals surface area contributed by atoms with E-state index in [1.807, 2.05) is 12.1 Å². The van der Waals surface area contributed by atoms with Crippen LogP contribution < -0.4 is 16.0 Å². The number of primary sulfonamides is 1. The molecule has 1 aromatic heterocycles. The van der Waals surface area contributed by atoms with Crippen LogP contribution in [-0.2, 0) is 21.4 Å². The molecule has 25 heavy (non-hydrogen) atoms. The first-order valence-electron chi connectivity index (χ1n) is 7.35. The molecule has 0 saturated heterocycles. The Morgan fingerprint density at radius 1 is 1.04 bits per heavy atom. The summed E-state index contributed by atoms with van der Waals surface area (Å²) in [5, 5.41) is 8.97. The lowest BCUT2D eigenvalue weighted by Gasteiger charge is -2.09. The Morgan fingerprint density at radius 3 is 2.40 bits per heavy atom. The summed E-state index contributed by atoms with van der Waals surface area (Å²) < 4.78 is 23.7. The minimum Gasteiger partial charge on any atom is -0.325 e. The number of pyridine rings is 1. The van der Waals surface area contributed by atoms with Gasteiger partial charge in [-0.25, -0.2) is 13.6 Å². The summed E-state index contributed by atoms with van der Waals surface area (Å²) in [6.07, 6.45) is 1.56. The van der Waals surface area contributed by atoms with E-state index in [0.29, 0.717) is 11.1 Å². The minimum atomic E-state index is -3.78. The van der Waals surface area contributed by atoms with E-state index in [1.165, 1.54) is 28.8 Å². The van der Waals surface area contributed by atoms with Crippen molar-refractivity contribution in [1.29, 1.82) is 0 Å². The highest BCUT2D eigenvalue weighted by Gasteiger charge is 2.10. The van der Waals surface area contributed by atoms with Gasteiger partial charge in [0.25, 0.3) is 5.56 Å². The first-order valence-corrected chi connectivity index (χ1v) is 8.90. The van der Waals surface area contributed by atoms with Gasteiger partial charge in [0.15, 0.2) is 0 Å². The third-order valence-corrected chi connectivity index (χ3v) is 4.60. The number of carbonyl (C=O) groups is 1. The second kappa shape index (κ2) is 6.50. The molecule has 1 amide bonds. The maximum absolute atomic E-state index is 12.4. The second-order valence-electron chi connectivity index (χ2n) is 5.45. The molecule has 2 aromatic carbocycles. The molecule has 0 fully saturated rings. The smallest absolute Gasteiger partial charge is 0.258 e. The van der Waals surface area contributed by atoms with Crippen molar-refractivity contribution in [2.45, 2.75) is 11.4 Å². The van der Waals surface area contributed by atoms with E-state index >= 15 is 0 Å². The Labute approximate surface area is 143 Å². The quantitative estimate of drug-likeness (QED) is 0.733. The van der Waals surface area contributed by atoms with Crippen molar-refractivity contribution in [2.75, 3.05) is 5.32 Å². The summed E-state index contributed by atoms with van der Waals surface area (Å²) >= 11 is 0. The van der Waals surface area contributed by atoms with Crippen LogP contribution >= 0.6 is 0 Å². The van der Waals surface area contributed by atoms with E-state index in [0.717, 1.165) is 5.39 Å². The number of sulfonamides is 1. The lowest BCUT2D eigenvalue weighted by Crippen LogP contribution is -2.27. The normalized spacial score (nSPS) is 11.4. The molecule has 3 N–H and O–H groups in total. The highest BCUT2D eigenvalue weighted by molar-refractivity contribution is 7.89. The van der Waals surface area contributed by atoms with E-state index in [4.69, 9.17) is 5.14 Å². The van der Waals surface area contributed by atoms with Gasteiger partial charge in [0.1, 0.15) is 6.54 Å². The van der Waals surface area contributed by atoms with E-state index in [2.05, 4.69) is 5.32 Å². The van der Waals surface area contributed by atoms with Crippen molar-refractivity contribution in [2.24, 2.45) is 5.14 Å². The number of hydrogen-bond donors (Lipinski definition) is 2. The van der Waals surface area contributed by atoms with Crippen LogP contribution in [0.4, 0.5) is 5.69 Å². The molecule has 0 atom stereocenters. The van der Waals surface area contributed by atoms with Gasteiger partial charge in [0, 0.05) is 17.3 Å². The van der Waals surface area contributed by atoms with E-state index in [1.54, 1.807) is 24.4 Å². The third-order valence-electron chi connectivity index (χ3n) is 3.67. The van der Waals surface area contributed by atoms with Gasteiger partial charge < -0.3 is 9.88 Å². The summed E-state index contributed by atoms with van der Waals surface area (Å²) in [6, 6.07) is 14.4. The van der Waals surface area contributed by atoms with Crippen LogP contribution in [0.15, 0.2) is 70.5 Å². The molecule has 0 aliphatic carbocycles. The van der Waals surface area contributed by atoms with Gasteiger partial charge >= 0.3 is 0 Å². The number of nitrogens with zero attached hydrogens (tertiary/aromatic N) is 1. The van der Waals surface area contributed by atoms with Crippen molar-refractivity contribution in [3.63, 3.8) is 0 Å². The summed E-state index contributed by atoms with van der Waals surface area (Å²) in [7, 11) is -3.78. The van der Waals surface area contributed by atoms with E-state index in [9.17, 15) is 18.0 Å². The molecular weight excluding hydrogens is 342 g/mol. The monoisotopic (exact) mass is 357 g/mol. The highest BCUT2D eigenvalue weighted by atomic mass is 32.2. The molecule has 3 rings (SSSR count). The van der Waals surface area contributed by atoms with Crippen LogP contribution in [0, 0.1) is 0 Å². The fraction of sp³-hybridized carbons (Fsp3) is 0.0588. The molecule has 0 bridgehead atoms. The number of carbonyl (C=O) groups excluding carboxylic acids is 1. The van der Waals surface area contributed by atoms with Crippen molar-refractivity contribution in [3.05, 3.63) is 71.1 Å². The number of amides is 1. The van der Waals surface area contributed by atoms with Gasteiger partial charge in [0.05, 0.1) is 4.90 Å². The molecule has 0 unspecified atom stereocenters. The van der Waals surface area contributed by atoms with Gasteiger partial charge in [-0.1, -0.05) is 18.2 Å². The summed E-state index contributed by atoms with van der Waals surface area (Å²) in [5.74, 6) is -0.402. The largest absolute Gasteiger partial charge is 0.325 e. The molecule has 0 aliphatic rings. The Hall–Kier alpha value is -2.97. The predicted molar refractivity (Wildman–Crippen MR) is 94.7 cm³/mol. The first kappa shape index (κ1) is 16.9. The van der Waals surface area contributed by atoms with Gasteiger partial charge in [-0.05, 0) is 41.8 Å². The Balaban J connectivity index is 1.77. The maximum atomic E-state index is 12.4. The van der Waals surface area contributed by atoms with Crippen molar-refractivity contribution in [1.82, 2.24) is 4.57 Å². The Kier molecular flexibility index (Phi) is 4.39. The van der Waals surface area contributed by atoms with Crippen molar-refractivity contribution < 1.29 is 13.2 Å². The topological polar surface area (TPSA) is 111 Å². The molecular formula is C17H15N3O4S. The Bertz CT molecular complexity index is 1100. The highest BCUT2D eigenvalue weighted by Crippen LogP contribution is 2.13. The summed E-state index contributed by atoms with van der Waals surface area (Å²) in [6.45, 7) is -0.152. The maximum Gasteiger partial charge on any atom is 0.258 e. The fourth-order valence-electron chi connectivity index (χ4n) is 2.44. The molecule has 8 heteroatoms. The summed E-state index contributed by atoms with van der Waals surface area (Å²) in [4.78, 5) is 24.5. The predicted octanol–water partition coefficient (Wildman–Crippen LogP) is 1.29. The SMILES string of the molecule is NS(=O)(=O)c1ccc(NC(=O)Cn2ccc3ccccc3c2=O)cc1. The number of aromatic nitrogens is 1. The number of rotatable bonds is 4.